The Balaban J connectivity index is 1.81. The minimum absolute atomic E-state index is 0.0257. The summed E-state index contributed by atoms with van der Waals surface area (Å²) in [6.45, 7) is 2.06. The van der Waals surface area contributed by atoms with Gasteiger partial charge in [-0.05, 0) is 48.4 Å². The molecule has 5 nitrogen and oxygen atoms in total. The van der Waals surface area contributed by atoms with Crippen LogP contribution in [-0.2, 0) is 16.6 Å². The molecular formula is C21H19ClN2O3S. The molecule has 0 bridgehead atoms. The molecule has 0 fully saturated rings. The van der Waals surface area contributed by atoms with Crippen molar-refractivity contribution in [3.63, 3.8) is 0 Å². The zero-order valence-corrected chi connectivity index (χ0v) is 16.7. The molecule has 1 amide bonds. The van der Waals surface area contributed by atoms with Crippen molar-refractivity contribution in [2.75, 3.05) is 5.32 Å². The predicted octanol–water partition coefficient (Wildman–Crippen LogP) is 4.38. The Morgan fingerprint density at radius 3 is 2.43 bits per heavy atom. The first kappa shape index (κ1) is 20.1. The lowest BCUT2D eigenvalue weighted by Gasteiger charge is -2.11. The van der Waals surface area contributed by atoms with Crippen LogP contribution in [0.15, 0.2) is 77.7 Å². The van der Waals surface area contributed by atoms with E-state index in [-0.39, 0.29) is 22.0 Å². The van der Waals surface area contributed by atoms with Crippen molar-refractivity contribution in [3.05, 3.63) is 94.5 Å². The Hall–Kier alpha value is -2.67. The molecule has 144 valence electrons. The molecule has 0 unspecified atom stereocenters. The van der Waals surface area contributed by atoms with E-state index in [9.17, 15) is 13.2 Å². The third-order valence-electron chi connectivity index (χ3n) is 4.08. The average molecular weight is 415 g/mol. The van der Waals surface area contributed by atoms with Crippen LogP contribution in [0.2, 0.25) is 5.02 Å². The van der Waals surface area contributed by atoms with Crippen LogP contribution in [-0.4, -0.2) is 14.3 Å². The number of carbonyl (C=O) groups excluding carboxylic acids is 1. The van der Waals surface area contributed by atoms with Gasteiger partial charge in [0.2, 0.25) is 10.0 Å². The quantitative estimate of drug-likeness (QED) is 0.628. The average Bonchev–Trinajstić information content (AvgIpc) is 2.67. The van der Waals surface area contributed by atoms with Gasteiger partial charge in [0.15, 0.2) is 0 Å². The number of hydrogen-bond donors (Lipinski definition) is 2. The van der Waals surface area contributed by atoms with Crippen LogP contribution in [0, 0.1) is 6.92 Å². The number of nitrogens with one attached hydrogen (secondary N) is 2. The van der Waals surface area contributed by atoms with Gasteiger partial charge in [-0.15, -0.1) is 0 Å². The van der Waals surface area contributed by atoms with Crippen molar-refractivity contribution in [2.45, 2.75) is 18.4 Å². The van der Waals surface area contributed by atoms with Gasteiger partial charge in [-0.3, -0.25) is 4.79 Å². The maximum Gasteiger partial charge on any atom is 0.257 e. The van der Waals surface area contributed by atoms with E-state index in [0.717, 1.165) is 11.1 Å². The smallest absolute Gasteiger partial charge is 0.257 e. The van der Waals surface area contributed by atoms with Gasteiger partial charge in [-0.25, -0.2) is 13.1 Å². The maximum atomic E-state index is 12.6. The normalized spacial score (nSPS) is 11.2. The SMILES string of the molecule is Cc1cccc(NC(=O)c2cc(S(=O)(=O)NCc3ccccc3)ccc2Cl)c1. The van der Waals surface area contributed by atoms with Gasteiger partial charge in [0.05, 0.1) is 15.5 Å². The van der Waals surface area contributed by atoms with Crippen LogP contribution in [0.3, 0.4) is 0 Å². The second-order valence-electron chi connectivity index (χ2n) is 6.28. The number of sulfonamides is 1. The lowest BCUT2D eigenvalue weighted by Crippen LogP contribution is -2.24. The van der Waals surface area contributed by atoms with Crippen LogP contribution in [0.1, 0.15) is 21.5 Å². The maximum absolute atomic E-state index is 12.6. The lowest BCUT2D eigenvalue weighted by molar-refractivity contribution is 0.102. The molecule has 3 aromatic rings. The topological polar surface area (TPSA) is 75.3 Å². The van der Waals surface area contributed by atoms with E-state index in [0.29, 0.717) is 5.69 Å². The van der Waals surface area contributed by atoms with Crippen molar-refractivity contribution in [3.8, 4) is 0 Å². The first-order valence-corrected chi connectivity index (χ1v) is 10.4. The highest BCUT2D eigenvalue weighted by atomic mass is 35.5. The molecular weight excluding hydrogens is 396 g/mol. The van der Waals surface area contributed by atoms with Crippen LogP contribution >= 0.6 is 11.6 Å². The minimum atomic E-state index is -3.80. The summed E-state index contributed by atoms with van der Waals surface area (Å²) in [5, 5.41) is 2.91. The minimum Gasteiger partial charge on any atom is -0.322 e. The lowest BCUT2D eigenvalue weighted by atomic mass is 10.2. The van der Waals surface area contributed by atoms with Gasteiger partial charge in [-0.2, -0.15) is 0 Å². The molecule has 0 heterocycles. The number of carbonyl (C=O) groups is 1. The number of amides is 1. The largest absolute Gasteiger partial charge is 0.322 e. The summed E-state index contributed by atoms with van der Waals surface area (Å²) in [6, 6.07) is 20.5. The first-order chi connectivity index (χ1) is 13.3. The number of rotatable bonds is 6. The van der Waals surface area contributed by atoms with Gasteiger partial charge < -0.3 is 5.32 Å². The Labute approximate surface area is 169 Å². The van der Waals surface area contributed by atoms with E-state index in [1.54, 1.807) is 6.07 Å². The van der Waals surface area contributed by atoms with Crippen molar-refractivity contribution in [1.29, 1.82) is 0 Å². The summed E-state index contributed by atoms with van der Waals surface area (Å²) in [5.41, 5.74) is 2.52. The Kier molecular flexibility index (Phi) is 6.14. The molecule has 0 radical (unpaired) electrons. The molecule has 0 aliphatic heterocycles. The molecule has 3 aromatic carbocycles. The molecule has 0 aliphatic rings. The number of halogens is 1. The summed E-state index contributed by atoms with van der Waals surface area (Å²) in [5.74, 6) is -0.476. The van der Waals surface area contributed by atoms with E-state index >= 15 is 0 Å². The van der Waals surface area contributed by atoms with Gasteiger partial charge in [-0.1, -0.05) is 54.1 Å². The van der Waals surface area contributed by atoms with Crippen LogP contribution in [0.25, 0.3) is 0 Å². The molecule has 0 aromatic heterocycles. The predicted molar refractivity (Wildman–Crippen MR) is 111 cm³/mol. The molecule has 0 aliphatic carbocycles. The second kappa shape index (κ2) is 8.56. The summed E-state index contributed by atoms with van der Waals surface area (Å²) < 4.78 is 27.7. The Morgan fingerprint density at radius 2 is 1.71 bits per heavy atom. The number of anilines is 1. The zero-order valence-electron chi connectivity index (χ0n) is 15.1. The van der Waals surface area contributed by atoms with Gasteiger partial charge in [0.25, 0.3) is 5.91 Å². The van der Waals surface area contributed by atoms with Crippen LogP contribution in [0.5, 0.6) is 0 Å². The van der Waals surface area contributed by atoms with Crippen molar-refractivity contribution in [1.82, 2.24) is 4.72 Å². The van der Waals surface area contributed by atoms with E-state index in [2.05, 4.69) is 10.0 Å². The molecule has 3 rings (SSSR count). The van der Waals surface area contributed by atoms with Gasteiger partial charge in [0.1, 0.15) is 0 Å². The second-order valence-corrected chi connectivity index (χ2v) is 8.45. The monoisotopic (exact) mass is 414 g/mol. The highest BCUT2D eigenvalue weighted by Crippen LogP contribution is 2.22. The van der Waals surface area contributed by atoms with Crippen molar-refractivity contribution in [2.24, 2.45) is 0 Å². The standard InChI is InChI=1S/C21H19ClN2O3S/c1-15-6-5-9-17(12-15)24-21(25)19-13-18(10-11-20(19)22)28(26,27)23-14-16-7-3-2-4-8-16/h2-13,23H,14H2,1H3,(H,24,25). The highest BCUT2D eigenvalue weighted by molar-refractivity contribution is 7.89. The number of aryl methyl sites for hydroxylation is 1. The highest BCUT2D eigenvalue weighted by Gasteiger charge is 2.19. The third-order valence-corrected chi connectivity index (χ3v) is 5.81. The van der Waals surface area contributed by atoms with E-state index in [1.807, 2.05) is 55.5 Å². The summed E-state index contributed by atoms with van der Waals surface area (Å²) in [7, 11) is -3.80. The van der Waals surface area contributed by atoms with Crippen LogP contribution in [0.4, 0.5) is 5.69 Å². The number of benzene rings is 3. The molecule has 0 spiro atoms. The van der Waals surface area contributed by atoms with E-state index < -0.39 is 15.9 Å². The third kappa shape index (κ3) is 4.98. The van der Waals surface area contributed by atoms with Crippen LogP contribution < -0.4 is 10.0 Å². The fourth-order valence-corrected chi connectivity index (χ4v) is 3.87. The fourth-order valence-electron chi connectivity index (χ4n) is 2.62. The molecule has 0 atom stereocenters. The summed E-state index contributed by atoms with van der Waals surface area (Å²) in [4.78, 5) is 12.6. The van der Waals surface area contributed by atoms with Gasteiger partial charge in [0, 0.05) is 12.2 Å². The van der Waals surface area contributed by atoms with Crippen molar-refractivity contribution < 1.29 is 13.2 Å². The Bertz CT molecular complexity index is 1100. The molecule has 0 saturated carbocycles. The van der Waals surface area contributed by atoms with E-state index in [4.69, 9.17) is 11.6 Å². The fraction of sp³-hybridized carbons (Fsp3) is 0.0952. The van der Waals surface area contributed by atoms with Crippen molar-refractivity contribution >= 4 is 33.2 Å². The Morgan fingerprint density at radius 1 is 0.964 bits per heavy atom. The first-order valence-electron chi connectivity index (χ1n) is 8.56. The number of hydrogen-bond acceptors (Lipinski definition) is 3. The molecule has 28 heavy (non-hydrogen) atoms. The molecule has 0 saturated heterocycles. The van der Waals surface area contributed by atoms with Gasteiger partial charge >= 0.3 is 0 Å². The molecule has 7 heteroatoms. The zero-order chi connectivity index (χ0) is 20.1. The summed E-state index contributed by atoms with van der Waals surface area (Å²) >= 11 is 6.14. The summed E-state index contributed by atoms with van der Waals surface area (Å²) in [6.07, 6.45) is 0. The van der Waals surface area contributed by atoms with E-state index in [1.165, 1.54) is 18.2 Å². The molecule has 2 N–H and O–H groups in total.